The molecule has 5 nitrogen and oxygen atoms in total. The molecule has 2 aromatic carbocycles. The molecule has 2 heterocycles. The van der Waals surface area contributed by atoms with Crippen LogP contribution in [0, 0.1) is 0 Å². The number of ether oxygens (including phenoxy) is 2. The van der Waals surface area contributed by atoms with E-state index in [1.54, 1.807) is 19.5 Å². The van der Waals surface area contributed by atoms with Crippen LogP contribution in [0.25, 0.3) is 16.6 Å². The van der Waals surface area contributed by atoms with E-state index in [0.29, 0.717) is 0 Å². The van der Waals surface area contributed by atoms with Crippen LogP contribution in [0.5, 0.6) is 17.2 Å². The minimum absolute atomic E-state index is 0.759. The molecule has 2 aromatic heterocycles. The molecule has 0 aliphatic rings. The summed E-state index contributed by atoms with van der Waals surface area (Å²) in [5, 5.41) is 5.45. The van der Waals surface area contributed by atoms with Gasteiger partial charge in [-0.25, -0.2) is 4.68 Å². The molecule has 0 spiro atoms. The summed E-state index contributed by atoms with van der Waals surface area (Å²) in [5.41, 5.74) is 1.93. The molecule has 5 heteroatoms. The van der Waals surface area contributed by atoms with Crippen molar-refractivity contribution in [1.29, 1.82) is 0 Å². The van der Waals surface area contributed by atoms with Crippen molar-refractivity contribution >= 4 is 10.9 Å². The van der Waals surface area contributed by atoms with E-state index < -0.39 is 0 Å². The van der Waals surface area contributed by atoms with Gasteiger partial charge in [-0.05, 0) is 54.6 Å². The van der Waals surface area contributed by atoms with Gasteiger partial charge in [0, 0.05) is 11.6 Å². The van der Waals surface area contributed by atoms with E-state index in [9.17, 15) is 0 Å². The maximum Gasteiger partial charge on any atom is 0.128 e. The van der Waals surface area contributed by atoms with Crippen LogP contribution in [-0.2, 0) is 0 Å². The Balaban J connectivity index is 1.64. The highest BCUT2D eigenvalue weighted by Gasteiger charge is 2.07. The lowest BCUT2D eigenvalue weighted by Gasteiger charge is -2.07. The third-order valence-electron chi connectivity index (χ3n) is 3.73. The summed E-state index contributed by atoms with van der Waals surface area (Å²) in [5.74, 6) is 2.32. The highest BCUT2D eigenvalue weighted by atomic mass is 16.5. The second-order valence-electron chi connectivity index (χ2n) is 5.27. The van der Waals surface area contributed by atoms with Crippen LogP contribution in [-0.4, -0.2) is 21.9 Å². The highest BCUT2D eigenvalue weighted by Crippen LogP contribution is 2.27. The van der Waals surface area contributed by atoms with Gasteiger partial charge >= 0.3 is 0 Å². The first-order valence-electron chi connectivity index (χ1n) is 7.53. The fourth-order valence-electron chi connectivity index (χ4n) is 2.54. The molecule has 4 rings (SSSR count). The van der Waals surface area contributed by atoms with Crippen molar-refractivity contribution in [2.45, 2.75) is 0 Å². The smallest absolute Gasteiger partial charge is 0.128 e. The number of benzene rings is 2. The number of methoxy groups -OCH3 is 1. The number of fused-ring (bicyclic) bond motifs is 1. The van der Waals surface area contributed by atoms with E-state index in [0.717, 1.165) is 33.8 Å². The lowest BCUT2D eigenvalue weighted by atomic mass is 10.2. The number of hydrogen-bond acceptors (Lipinski definition) is 4. The molecule has 0 radical (unpaired) electrons. The first-order valence-corrected chi connectivity index (χ1v) is 7.53. The average molecular weight is 317 g/mol. The number of pyridine rings is 1. The molecular formula is C19H15N3O2. The summed E-state index contributed by atoms with van der Waals surface area (Å²) in [4.78, 5) is 4.14. The summed E-state index contributed by atoms with van der Waals surface area (Å²) >= 11 is 0. The van der Waals surface area contributed by atoms with Crippen LogP contribution in [0.1, 0.15) is 0 Å². The van der Waals surface area contributed by atoms with E-state index in [2.05, 4.69) is 10.1 Å². The summed E-state index contributed by atoms with van der Waals surface area (Å²) < 4.78 is 12.9. The third-order valence-corrected chi connectivity index (χ3v) is 3.73. The first-order chi connectivity index (χ1) is 11.8. The highest BCUT2D eigenvalue weighted by molar-refractivity contribution is 5.81. The maximum atomic E-state index is 5.90. The second kappa shape index (κ2) is 6.04. The molecule has 4 aromatic rings. The lowest BCUT2D eigenvalue weighted by Crippen LogP contribution is -1.95. The van der Waals surface area contributed by atoms with Crippen LogP contribution < -0.4 is 9.47 Å². The zero-order chi connectivity index (χ0) is 16.4. The molecule has 0 aliphatic heterocycles. The molecule has 0 bridgehead atoms. The van der Waals surface area contributed by atoms with E-state index in [4.69, 9.17) is 9.47 Å². The van der Waals surface area contributed by atoms with Crippen molar-refractivity contribution < 1.29 is 9.47 Å². The van der Waals surface area contributed by atoms with Crippen molar-refractivity contribution in [2.75, 3.05) is 7.11 Å². The fraction of sp³-hybridized carbons (Fsp3) is 0.0526. The molecule has 0 N–H and O–H groups in total. The Morgan fingerprint density at radius 2 is 1.67 bits per heavy atom. The van der Waals surface area contributed by atoms with Gasteiger partial charge in [0.25, 0.3) is 0 Å². The summed E-state index contributed by atoms with van der Waals surface area (Å²) in [7, 11) is 1.64. The molecular weight excluding hydrogens is 302 g/mol. The van der Waals surface area contributed by atoms with Crippen molar-refractivity contribution in [1.82, 2.24) is 14.8 Å². The zero-order valence-electron chi connectivity index (χ0n) is 13.1. The number of aromatic nitrogens is 3. The predicted octanol–water partition coefficient (Wildman–Crippen LogP) is 4.22. The molecule has 24 heavy (non-hydrogen) atoms. The number of rotatable bonds is 4. The fourth-order valence-corrected chi connectivity index (χ4v) is 2.54. The van der Waals surface area contributed by atoms with Gasteiger partial charge in [0.2, 0.25) is 0 Å². The van der Waals surface area contributed by atoms with Crippen molar-refractivity contribution in [3.05, 3.63) is 73.2 Å². The Labute approximate surface area is 139 Å². The minimum Gasteiger partial charge on any atom is -0.497 e. The lowest BCUT2D eigenvalue weighted by molar-refractivity contribution is 0.413. The molecule has 0 fully saturated rings. The SMILES string of the molecule is COc1ccc(Oc2ccc3c(cnn3-c3cccnc3)c2)cc1. The van der Waals surface area contributed by atoms with Gasteiger partial charge in [-0.2, -0.15) is 5.10 Å². The minimum atomic E-state index is 0.759. The van der Waals surface area contributed by atoms with Crippen LogP contribution in [0.4, 0.5) is 0 Å². The van der Waals surface area contributed by atoms with E-state index in [1.165, 1.54) is 0 Å². The maximum absolute atomic E-state index is 5.90. The molecule has 0 amide bonds. The van der Waals surface area contributed by atoms with Crippen LogP contribution in [0.15, 0.2) is 73.2 Å². The van der Waals surface area contributed by atoms with Crippen LogP contribution >= 0.6 is 0 Å². The quantitative estimate of drug-likeness (QED) is 0.565. The van der Waals surface area contributed by atoms with E-state index >= 15 is 0 Å². The molecule has 0 saturated heterocycles. The van der Waals surface area contributed by atoms with Gasteiger partial charge in [0.05, 0.1) is 30.7 Å². The predicted molar refractivity (Wildman–Crippen MR) is 91.9 cm³/mol. The van der Waals surface area contributed by atoms with Gasteiger partial charge in [-0.1, -0.05) is 0 Å². The number of nitrogens with zero attached hydrogens (tertiary/aromatic N) is 3. The molecule has 0 unspecified atom stereocenters. The topological polar surface area (TPSA) is 49.2 Å². The molecule has 0 saturated carbocycles. The Hall–Kier alpha value is -3.34. The van der Waals surface area contributed by atoms with Gasteiger partial charge in [0.15, 0.2) is 0 Å². The summed E-state index contributed by atoms with van der Waals surface area (Å²) in [6, 6.07) is 17.3. The largest absolute Gasteiger partial charge is 0.497 e. The van der Waals surface area contributed by atoms with Gasteiger partial charge in [-0.15, -0.1) is 0 Å². The summed E-state index contributed by atoms with van der Waals surface area (Å²) in [6.45, 7) is 0. The Morgan fingerprint density at radius 3 is 2.42 bits per heavy atom. The average Bonchev–Trinajstić information content (AvgIpc) is 3.06. The first kappa shape index (κ1) is 14.3. The van der Waals surface area contributed by atoms with Crippen LogP contribution in [0.2, 0.25) is 0 Å². The van der Waals surface area contributed by atoms with Gasteiger partial charge in [-0.3, -0.25) is 4.98 Å². The second-order valence-corrected chi connectivity index (χ2v) is 5.27. The Kier molecular flexibility index (Phi) is 3.59. The normalized spacial score (nSPS) is 10.7. The van der Waals surface area contributed by atoms with Crippen molar-refractivity contribution in [3.8, 4) is 22.9 Å². The Morgan fingerprint density at radius 1 is 0.875 bits per heavy atom. The Bertz CT molecular complexity index is 963. The van der Waals surface area contributed by atoms with Gasteiger partial charge < -0.3 is 9.47 Å². The standard InChI is InChI=1S/C19H15N3O2/c1-23-16-4-6-17(7-5-16)24-18-8-9-19-14(11-18)12-21-22(19)15-3-2-10-20-13-15/h2-13H,1H3. The zero-order valence-corrected chi connectivity index (χ0v) is 13.1. The third kappa shape index (κ3) is 2.67. The monoisotopic (exact) mass is 317 g/mol. The van der Waals surface area contributed by atoms with Gasteiger partial charge in [0.1, 0.15) is 17.2 Å². The number of hydrogen-bond donors (Lipinski definition) is 0. The molecule has 0 atom stereocenters. The summed E-state index contributed by atoms with van der Waals surface area (Å²) in [6.07, 6.45) is 5.35. The van der Waals surface area contributed by atoms with E-state index in [-0.39, 0.29) is 0 Å². The van der Waals surface area contributed by atoms with Crippen molar-refractivity contribution in [3.63, 3.8) is 0 Å². The molecule has 0 aliphatic carbocycles. The molecule has 118 valence electrons. The van der Waals surface area contributed by atoms with Crippen LogP contribution in [0.3, 0.4) is 0 Å². The van der Waals surface area contributed by atoms with Crippen molar-refractivity contribution in [2.24, 2.45) is 0 Å². The van der Waals surface area contributed by atoms with E-state index in [1.807, 2.05) is 65.5 Å².